The number of benzene rings is 1. The van der Waals surface area contributed by atoms with E-state index in [4.69, 9.17) is 0 Å². The van der Waals surface area contributed by atoms with Gasteiger partial charge in [0, 0.05) is 23.7 Å². The first-order valence-corrected chi connectivity index (χ1v) is 8.84. The molecule has 2 heteroatoms. The molecule has 2 atom stereocenters. The SMILES string of the molecule is CC(C)C(=O)Cc1cccc(C2CCC(C(=O)C(C)(C)C)C2)c1. The Bertz CT molecular complexity index is 578. The van der Waals surface area contributed by atoms with Crippen LogP contribution in [0.4, 0.5) is 0 Å². The molecule has 0 bridgehead atoms. The number of ketones is 2. The third-order valence-electron chi connectivity index (χ3n) is 4.99. The lowest BCUT2D eigenvalue weighted by atomic mass is 9.81. The molecular formula is C21H30O2. The van der Waals surface area contributed by atoms with Crippen LogP contribution in [0.3, 0.4) is 0 Å². The summed E-state index contributed by atoms with van der Waals surface area (Å²) in [6.07, 6.45) is 3.55. The van der Waals surface area contributed by atoms with E-state index in [2.05, 4.69) is 18.2 Å². The molecule has 0 radical (unpaired) electrons. The molecule has 1 aromatic rings. The van der Waals surface area contributed by atoms with Gasteiger partial charge in [-0.05, 0) is 36.3 Å². The Balaban J connectivity index is 2.06. The number of carbonyl (C=O) groups is 2. The van der Waals surface area contributed by atoms with E-state index in [0.29, 0.717) is 18.1 Å². The molecule has 0 aromatic heterocycles. The van der Waals surface area contributed by atoms with Crippen LogP contribution in [0.25, 0.3) is 0 Å². The molecule has 2 rings (SSSR count). The molecular weight excluding hydrogens is 284 g/mol. The zero-order valence-corrected chi connectivity index (χ0v) is 15.2. The quantitative estimate of drug-likeness (QED) is 0.770. The molecule has 1 aromatic carbocycles. The van der Waals surface area contributed by atoms with Crippen molar-refractivity contribution >= 4 is 11.6 Å². The number of hydrogen-bond acceptors (Lipinski definition) is 2. The van der Waals surface area contributed by atoms with Crippen molar-refractivity contribution < 1.29 is 9.59 Å². The maximum atomic E-state index is 12.5. The van der Waals surface area contributed by atoms with Crippen LogP contribution in [0.15, 0.2) is 24.3 Å². The Morgan fingerprint density at radius 1 is 1.17 bits per heavy atom. The molecule has 0 heterocycles. The molecule has 1 saturated carbocycles. The number of carbonyl (C=O) groups excluding carboxylic acids is 2. The van der Waals surface area contributed by atoms with Crippen LogP contribution >= 0.6 is 0 Å². The standard InChI is InChI=1S/C21H30O2/c1-14(2)19(22)12-15-7-6-8-16(11-15)17-9-10-18(13-17)20(23)21(3,4)5/h6-8,11,14,17-18H,9-10,12-13H2,1-5H3. The molecule has 1 aliphatic carbocycles. The van der Waals surface area contributed by atoms with Gasteiger partial charge in [0.25, 0.3) is 0 Å². The van der Waals surface area contributed by atoms with E-state index in [9.17, 15) is 9.59 Å². The van der Waals surface area contributed by atoms with Gasteiger partial charge in [0.1, 0.15) is 11.6 Å². The van der Waals surface area contributed by atoms with Gasteiger partial charge in [-0.3, -0.25) is 9.59 Å². The lowest BCUT2D eigenvalue weighted by Crippen LogP contribution is -2.26. The van der Waals surface area contributed by atoms with Crippen molar-refractivity contribution in [2.45, 2.75) is 66.2 Å². The topological polar surface area (TPSA) is 34.1 Å². The summed E-state index contributed by atoms with van der Waals surface area (Å²) in [5, 5.41) is 0. The van der Waals surface area contributed by atoms with Crippen LogP contribution in [0.2, 0.25) is 0 Å². The highest BCUT2D eigenvalue weighted by Gasteiger charge is 2.35. The van der Waals surface area contributed by atoms with Crippen LogP contribution in [0, 0.1) is 17.3 Å². The van der Waals surface area contributed by atoms with Crippen LogP contribution < -0.4 is 0 Å². The molecule has 1 aliphatic rings. The molecule has 0 saturated heterocycles. The Hall–Kier alpha value is -1.44. The lowest BCUT2D eigenvalue weighted by Gasteiger charge is -2.21. The first kappa shape index (κ1) is 17.9. The average Bonchev–Trinajstić information content (AvgIpc) is 2.95. The van der Waals surface area contributed by atoms with Crippen molar-refractivity contribution in [2.24, 2.45) is 17.3 Å². The summed E-state index contributed by atoms with van der Waals surface area (Å²) in [6, 6.07) is 8.42. The first-order valence-electron chi connectivity index (χ1n) is 8.84. The maximum absolute atomic E-state index is 12.5. The highest BCUT2D eigenvalue weighted by molar-refractivity contribution is 5.86. The van der Waals surface area contributed by atoms with Gasteiger partial charge in [-0.1, -0.05) is 58.9 Å². The van der Waals surface area contributed by atoms with Crippen LogP contribution in [-0.2, 0) is 16.0 Å². The molecule has 0 N–H and O–H groups in total. The molecule has 0 spiro atoms. The zero-order chi connectivity index (χ0) is 17.2. The molecule has 0 amide bonds. The minimum atomic E-state index is -0.245. The van der Waals surface area contributed by atoms with Crippen molar-refractivity contribution in [3.8, 4) is 0 Å². The summed E-state index contributed by atoms with van der Waals surface area (Å²) >= 11 is 0. The Morgan fingerprint density at radius 3 is 2.48 bits per heavy atom. The third-order valence-corrected chi connectivity index (χ3v) is 4.99. The highest BCUT2D eigenvalue weighted by atomic mass is 16.1. The average molecular weight is 314 g/mol. The largest absolute Gasteiger partial charge is 0.299 e. The second-order valence-electron chi connectivity index (χ2n) is 8.36. The van der Waals surface area contributed by atoms with Gasteiger partial charge in [0.2, 0.25) is 0 Å². The van der Waals surface area contributed by atoms with E-state index >= 15 is 0 Å². The predicted molar refractivity (Wildman–Crippen MR) is 94.5 cm³/mol. The minimum absolute atomic E-state index is 0.0823. The molecule has 23 heavy (non-hydrogen) atoms. The summed E-state index contributed by atoms with van der Waals surface area (Å²) in [7, 11) is 0. The van der Waals surface area contributed by atoms with E-state index in [0.717, 1.165) is 24.8 Å². The van der Waals surface area contributed by atoms with Crippen molar-refractivity contribution in [1.82, 2.24) is 0 Å². The van der Waals surface area contributed by atoms with Gasteiger partial charge in [-0.2, -0.15) is 0 Å². The summed E-state index contributed by atoms with van der Waals surface area (Å²) in [5.74, 6) is 1.42. The Morgan fingerprint density at radius 2 is 1.87 bits per heavy atom. The van der Waals surface area contributed by atoms with E-state index in [1.54, 1.807) is 0 Å². The van der Waals surface area contributed by atoms with E-state index < -0.39 is 0 Å². The van der Waals surface area contributed by atoms with Crippen LogP contribution in [-0.4, -0.2) is 11.6 Å². The fraction of sp³-hybridized carbons (Fsp3) is 0.619. The third kappa shape index (κ3) is 4.53. The predicted octanol–water partition coefficient (Wildman–Crippen LogP) is 4.95. The molecule has 2 nitrogen and oxygen atoms in total. The molecule has 2 unspecified atom stereocenters. The van der Waals surface area contributed by atoms with Gasteiger partial charge < -0.3 is 0 Å². The first-order chi connectivity index (χ1) is 10.7. The number of Topliss-reactive ketones (excluding diaryl/α,β-unsaturated/α-hetero) is 2. The lowest BCUT2D eigenvalue weighted by molar-refractivity contribution is -0.130. The van der Waals surface area contributed by atoms with Crippen molar-refractivity contribution in [2.75, 3.05) is 0 Å². The fourth-order valence-corrected chi connectivity index (χ4v) is 3.50. The smallest absolute Gasteiger partial charge is 0.141 e. The monoisotopic (exact) mass is 314 g/mol. The second-order valence-corrected chi connectivity index (χ2v) is 8.36. The van der Waals surface area contributed by atoms with Crippen molar-refractivity contribution in [3.05, 3.63) is 35.4 Å². The number of rotatable bonds is 5. The second kappa shape index (κ2) is 6.98. The van der Waals surface area contributed by atoms with Crippen molar-refractivity contribution in [1.29, 1.82) is 0 Å². The van der Waals surface area contributed by atoms with E-state index in [-0.39, 0.29) is 23.0 Å². The summed E-state index contributed by atoms with van der Waals surface area (Å²) in [4.78, 5) is 24.4. The van der Waals surface area contributed by atoms with Crippen LogP contribution in [0.1, 0.15) is 70.9 Å². The summed E-state index contributed by atoms with van der Waals surface area (Å²) in [5.41, 5.74) is 2.15. The normalized spacial score (nSPS) is 21.7. The molecule has 1 fully saturated rings. The van der Waals surface area contributed by atoms with E-state index in [1.807, 2.05) is 40.7 Å². The highest BCUT2D eigenvalue weighted by Crippen LogP contribution is 2.41. The van der Waals surface area contributed by atoms with Gasteiger partial charge >= 0.3 is 0 Å². The maximum Gasteiger partial charge on any atom is 0.141 e. The van der Waals surface area contributed by atoms with Crippen molar-refractivity contribution in [3.63, 3.8) is 0 Å². The fourth-order valence-electron chi connectivity index (χ4n) is 3.50. The van der Waals surface area contributed by atoms with E-state index in [1.165, 1.54) is 5.56 Å². The van der Waals surface area contributed by atoms with Crippen LogP contribution in [0.5, 0.6) is 0 Å². The minimum Gasteiger partial charge on any atom is -0.299 e. The van der Waals surface area contributed by atoms with Gasteiger partial charge in [0.15, 0.2) is 0 Å². The molecule has 0 aliphatic heterocycles. The van der Waals surface area contributed by atoms with Gasteiger partial charge in [-0.25, -0.2) is 0 Å². The summed E-state index contributed by atoms with van der Waals surface area (Å²) in [6.45, 7) is 9.94. The molecule has 126 valence electrons. The Kier molecular flexibility index (Phi) is 5.44. The summed E-state index contributed by atoms with van der Waals surface area (Å²) < 4.78 is 0. The van der Waals surface area contributed by atoms with Gasteiger partial charge in [0.05, 0.1) is 0 Å². The Labute approximate surface area is 140 Å². The number of hydrogen-bond donors (Lipinski definition) is 0. The zero-order valence-electron chi connectivity index (χ0n) is 15.2. The van der Waals surface area contributed by atoms with Gasteiger partial charge in [-0.15, -0.1) is 0 Å².